The molecule has 0 aliphatic carbocycles. The van der Waals surface area contributed by atoms with Crippen LogP contribution in [0.15, 0.2) is 36.4 Å². The Bertz CT molecular complexity index is 871. The van der Waals surface area contributed by atoms with E-state index in [2.05, 4.69) is 5.32 Å². The minimum atomic E-state index is -1.16. The third kappa shape index (κ3) is 4.62. The molecule has 2 aromatic rings. The maximum absolute atomic E-state index is 12.2. The normalized spacial score (nSPS) is 11.5. The van der Waals surface area contributed by atoms with Gasteiger partial charge in [0.1, 0.15) is 0 Å². The topological polar surface area (TPSA) is 125 Å². The van der Waals surface area contributed by atoms with Crippen LogP contribution < -0.4 is 11.1 Å². The number of rotatable bonds is 5. The van der Waals surface area contributed by atoms with E-state index >= 15 is 0 Å². The fraction of sp³-hybridized carbons (Fsp3) is 0.125. The second kappa shape index (κ2) is 8.03. The Balaban J connectivity index is 2.04. The molecule has 0 fully saturated rings. The van der Waals surface area contributed by atoms with E-state index in [1.807, 2.05) is 0 Å². The molecule has 2 rings (SSSR count). The monoisotopic (exact) mass is 397 g/mol. The number of nitro benzene ring substituents is 1. The Morgan fingerprint density at radius 2 is 1.85 bits per heavy atom. The van der Waals surface area contributed by atoms with Gasteiger partial charge >= 0.3 is 5.97 Å². The standard InChI is InChI=1S/C16H13Cl2N3O5/c1-8(15(22)20-10-2-4-11(5-3-10)21(24)25)26-16(23)12-6-9(17)7-13(18)14(12)19/h2-8H,19H2,1H3,(H,20,22). The van der Waals surface area contributed by atoms with Gasteiger partial charge in [0, 0.05) is 22.8 Å². The Labute approximate surface area is 158 Å². The van der Waals surface area contributed by atoms with Gasteiger partial charge in [0.25, 0.3) is 11.6 Å². The Morgan fingerprint density at radius 3 is 2.42 bits per heavy atom. The Morgan fingerprint density at radius 1 is 1.23 bits per heavy atom. The molecule has 136 valence electrons. The van der Waals surface area contributed by atoms with Crippen LogP contribution in [0.2, 0.25) is 10.0 Å². The molecule has 0 heterocycles. The van der Waals surface area contributed by atoms with E-state index in [4.69, 9.17) is 33.7 Å². The molecular weight excluding hydrogens is 385 g/mol. The summed E-state index contributed by atoms with van der Waals surface area (Å²) in [5, 5.41) is 13.4. The van der Waals surface area contributed by atoms with Crippen molar-refractivity contribution in [3.05, 3.63) is 62.1 Å². The third-order valence-corrected chi connectivity index (χ3v) is 3.84. The van der Waals surface area contributed by atoms with Gasteiger partial charge in [0.05, 0.1) is 21.2 Å². The second-order valence-electron chi connectivity index (χ2n) is 5.19. The van der Waals surface area contributed by atoms with Gasteiger partial charge < -0.3 is 15.8 Å². The average Bonchev–Trinajstić information content (AvgIpc) is 2.58. The number of nitrogens with two attached hydrogens (primary N) is 1. The minimum Gasteiger partial charge on any atom is -0.449 e. The number of carbonyl (C=O) groups excluding carboxylic acids is 2. The fourth-order valence-electron chi connectivity index (χ4n) is 1.94. The van der Waals surface area contributed by atoms with Crippen molar-refractivity contribution < 1.29 is 19.2 Å². The summed E-state index contributed by atoms with van der Waals surface area (Å²) in [5.74, 6) is -1.49. The van der Waals surface area contributed by atoms with Gasteiger partial charge in [-0.25, -0.2) is 4.79 Å². The summed E-state index contributed by atoms with van der Waals surface area (Å²) in [7, 11) is 0. The molecular formula is C16H13Cl2N3O5. The molecule has 3 N–H and O–H groups in total. The SMILES string of the molecule is CC(OC(=O)c1cc(Cl)cc(Cl)c1N)C(=O)Nc1ccc([N+](=O)[O-])cc1. The molecule has 0 spiro atoms. The number of esters is 1. The highest BCUT2D eigenvalue weighted by Gasteiger charge is 2.22. The maximum Gasteiger partial charge on any atom is 0.341 e. The number of amides is 1. The molecule has 2 aromatic carbocycles. The predicted molar refractivity (Wildman–Crippen MR) is 97.5 cm³/mol. The van der Waals surface area contributed by atoms with Crippen LogP contribution in [0.1, 0.15) is 17.3 Å². The first-order valence-corrected chi connectivity index (χ1v) is 7.95. The summed E-state index contributed by atoms with van der Waals surface area (Å²) in [5.41, 5.74) is 5.85. The van der Waals surface area contributed by atoms with Crippen LogP contribution in [0, 0.1) is 10.1 Å². The van der Waals surface area contributed by atoms with Crippen LogP contribution >= 0.6 is 23.2 Å². The van der Waals surface area contributed by atoms with E-state index in [0.29, 0.717) is 5.69 Å². The number of carbonyl (C=O) groups is 2. The molecule has 8 nitrogen and oxygen atoms in total. The number of hydrogen-bond donors (Lipinski definition) is 2. The van der Waals surface area contributed by atoms with Crippen molar-refractivity contribution >= 4 is 52.1 Å². The van der Waals surface area contributed by atoms with Crippen molar-refractivity contribution in [2.45, 2.75) is 13.0 Å². The van der Waals surface area contributed by atoms with Crippen molar-refractivity contribution in [3.63, 3.8) is 0 Å². The second-order valence-corrected chi connectivity index (χ2v) is 6.03. The Hall–Kier alpha value is -2.84. The van der Waals surface area contributed by atoms with Gasteiger partial charge in [-0.05, 0) is 31.2 Å². The van der Waals surface area contributed by atoms with Crippen molar-refractivity contribution in [1.82, 2.24) is 0 Å². The van der Waals surface area contributed by atoms with E-state index in [9.17, 15) is 19.7 Å². The summed E-state index contributed by atoms with van der Waals surface area (Å²) in [6.07, 6.45) is -1.16. The van der Waals surface area contributed by atoms with Crippen LogP contribution in [0.3, 0.4) is 0 Å². The van der Waals surface area contributed by atoms with Crippen LogP contribution in [0.25, 0.3) is 0 Å². The molecule has 1 amide bonds. The van der Waals surface area contributed by atoms with Crippen molar-refractivity contribution in [1.29, 1.82) is 0 Å². The zero-order valence-corrected chi connectivity index (χ0v) is 14.9. The molecule has 10 heteroatoms. The van der Waals surface area contributed by atoms with Crippen molar-refractivity contribution in [2.24, 2.45) is 0 Å². The number of anilines is 2. The van der Waals surface area contributed by atoms with Gasteiger partial charge in [-0.3, -0.25) is 14.9 Å². The highest BCUT2D eigenvalue weighted by atomic mass is 35.5. The Kier molecular flexibility index (Phi) is 6.01. The zero-order valence-electron chi connectivity index (χ0n) is 13.4. The van der Waals surface area contributed by atoms with Crippen LogP contribution in [-0.2, 0) is 9.53 Å². The number of nitrogens with zero attached hydrogens (tertiary/aromatic N) is 1. The molecule has 0 aliphatic rings. The average molecular weight is 398 g/mol. The summed E-state index contributed by atoms with van der Waals surface area (Å²) in [4.78, 5) is 34.3. The smallest absolute Gasteiger partial charge is 0.341 e. The molecule has 1 atom stereocenters. The third-order valence-electron chi connectivity index (χ3n) is 3.31. The fourth-order valence-corrected chi connectivity index (χ4v) is 2.43. The molecule has 0 radical (unpaired) electrons. The van der Waals surface area contributed by atoms with Gasteiger partial charge in [-0.1, -0.05) is 23.2 Å². The van der Waals surface area contributed by atoms with E-state index in [1.165, 1.54) is 43.3 Å². The minimum absolute atomic E-state index is 0.0101. The number of nitro groups is 1. The first-order valence-electron chi connectivity index (χ1n) is 7.20. The van der Waals surface area contributed by atoms with Gasteiger partial charge in [0.15, 0.2) is 6.10 Å². The first kappa shape index (κ1) is 19.5. The van der Waals surface area contributed by atoms with Crippen molar-refractivity contribution in [3.8, 4) is 0 Å². The van der Waals surface area contributed by atoms with Gasteiger partial charge in [0.2, 0.25) is 0 Å². The lowest BCUT2D eigenvalue weighted by Gasteiger charge is -2.15. The van der Waals surface area contributed by atoms with E-state index in [1.54, 1.807) is 0 Å². The lowest BCUT2D eigenvalue weighted by Crippen LogP contribution is -2.30. The largest absolute Gasteiger partial charge is 0.449 e. The van der Waals surface area contributed by atoms with Crippen LogP contribution in [-0.4, -0.2) is 22.9 Å². The molecule has 0 saturated carbocycles. The highest BCUT2D eigenvalue weighted by molar-refractivity contribution is 6.37. The van der Waals surface area contributed by atoms with E-state index < -0.39 is 22.9 Å². The molecule has 0 aromatic heterocycles. The number of hydrogen-bond acceptors (Lipinski definition) is 6. The quantitative estimate of drug-likeness (QED) is 0.343. The predicted octanol–water partition coefficient (Wildman–Crippen LogP) is 3.67. The molecule has 1 unspecified atom stereocenters. The van der Waals surface area contributed by atoms with Gasteiger partial charge in [-0.2, -0.15) is 0 Å². The number of ether oxygens (including phenoxy) is 1. The van der Waals surface area contributed by atoms with Crippen molar-refractivity contribution in [2.75, 3.05) is 11.1 Å². The number of nitrogens with one attached hydrogen (secondary N) is 1. The molecule has 0 bridgehead atoms. The van der Waals surface area contributed by atoms with Crippen LogP contribution in [0.5, 0.6) is 0 Å². The first-order chi connectivity index (χ1) is 12.2. The lowest BCUT2D eigenvalue weighted by molar-refractivity contribution is -0.384. The molecule has 26 heavy (non-hydrogen) atoms. The summed E-state index contributed by atoms with van der Waals surface area (Å²) >= 11 is 11.7. The summed E-state index contributed by atoms with van der Waals surface area (Å²) in [6, 6.07) is 7.85. The number of nitrogen functional groups attached to an aromatic ring is 1. The molecule has 0 saturated heterocycles. The van der Waals surface area contributed by atoms with E-state index in [-0.39, 0.29) is 27.0 Å². The van der Waals surface area contributed by atoms with E-state index in [0.717, 1.165) is 0 Å². The lowest BCUT2D eigenvalue weighted by atomic mass is 10.2. The summed E-state index contributed by atoms with van der Waals surface area (Å²) < 4.78 is 5.07. The zero-order chi connectivity index (χ0) is 19.4. The molecule has 0 aliphatic heterocycles. The van der Waals surface area contributed by atoms with Gasteiger partial charge in [-0.15, -0.1) is 0 Å². The number of non-ortho nitro benzene ring substituents is 1. The summed E-state index contributed by atoms with van der Waals surface area (Å²) in [6.45, 7) is 1.36. The maximum atomic E-state index is 12.2. The van der Waals surface area contributed by atoms with Crippen LogP contribution in [0.4, 0.5) is 17.1 Å². The highest BCUT2D eigenvalue weighted by Crippen LogP contribution is 2.28. The number of halogens is 2. The number of benzene rings is 2.